The molecule has 1 saturated heterocycles. The van der Waals surface area contributed by atoms with Gasteiger partial charge >= 0.3 is 0 Å². The summed E-state index contributed by atoms with van der Waals surface area (Å²) in [5.74, 6) is 0. The fourth-order valence-corrected chi connectivity index (χ4v) is 3.50. The van der Waals surface area contributed by atoms with E-state index in [1.165, 1.54) is 24.9 Å². The summed E-state index contributed by atoms with van der Waals surface area (Å²) in [5.41, 5.74) is 5.44. The van der Waals surface area contributed by atoms with Gasteiger partial charge in [0.05, 0.1) is 0 Å². The number of piperidine rings is 1. The predicted molar refractivity (Wildman–Crippen MR) is 96.4 cm³/mol. The van der Waals surface area contributed by atoms with E-state index >= 15 is 0 Å². The molecule has 0 aliphatic carbocycles. The Hall–Kier alpha value is -2.26. The van der Waals surface area contributed by atoms with Gasteiger partial charge in [-0.1, -0.05) is 30.3 Å². The first-order chi connectivity index (χ1) is 11.3. The second-order valence-electron chi connectivity index (χ2n) is 6.33. The van der Waals surface area contributed by atoms with Crippen LogP contribution in [0.25, 0.3) is 11.6 Å². The first-order valence-electron chi connectivity index (χ1n) is 8.42. The highest BCUT2D eigenvalue weighted by Gasteiger charge is 2.23. The maximum Gasteiger partial charge on any atom is 0.151 e. The lowest BCUT2D eigenvalue weighted by Crippen LogP contribution is -2.29. The molecule has 1 atom stereocenters. The number of para-hydroxylation sites is 1. The number of fused-ring (bicyclic) bond motifs is 1. The molecule has 2 N–H and O–H groups in total. The maximum atomic E-state index is 10.2. The molecule has 3 nitrogen and oxygen atoms in total. The van der Waals surface area contributed by atoms with Crippen molar-refractivity contribution in [3.8, 4) is 0 Å². The number of aliphatic hydroxyl groups is 1. The summed E-state index contributed by atoms with van der Waals surface area (Å²) >= 11 is 0. The number of hydrogen-bond acceptors (Lipinski definition) is 3. The van der Waals surface area contributed by atoms with Gasteiger partial charge in [-0.05, 0) is 49.1 Å². The van der Waals surface area contributed by atoms with Crippen LogP contribution in [0.4, 0.5) is 11.4 Å². The highest BCUT2D eigenvalue weighted by molar-refractivity contribution is 5.94. The molecular weight excluding hydrogens is 284 g/mol. The number of aliphatic hydroxyl groups excluding tert-OH is 1. The van der Waals surface area contributed by atoms with Gasteiger partial charge in [-0.2, -0.15) is 0 Å². The Labute approximate surface area is 137 Å². The third-order valence-electron chi connectivity index (χ3n) is 4.76. The number of benzene rings is 2. The van der Waals surface area contributed by atoms with Crippen molar-refractivity contribution < 1.29 is 5.11 Å². The van der Waals surface area contributed by atoms with Gasteiger partial charge in [0.25, 0.3) is 0 Å². The van der Waals surface area contributed by atoms with E-state index in [0.717, 1.165) is 35.5 Å². The molecule has 2 aromatic carbocycles. The van der Waals surface area contributed by atoms with Gasteiger partial charge in [0.2, 0.25) is 0 Å². The Morgan fingerprint density at radius 3 is 2.48 bits per heavy atom. The summed E-state index contributed by atoms with van der Waals surface area (Å²) in [6.07, 6.45) is 5.38. The molecule has 0 bridgehead atoms. The van der Waals surface area contributed by atoms with Crippen LogP contribution >= 0.6 is 0 Å². The van der Waals surface area contributed by atoms with E-state index in [1.54, 1.807) is 0 Å². The lowest BCUT2D eigenvalue weighted by molar-refractivity contribution is 0.266. The van der Waals surface area contributed by atoms with E-state index in [-0.39, 0.29) is 0 Å². The molecule has 4 rings (SSSR count). The van der Waals surface area contributed by atoms with Crippen molar-refractivity contribution in [1.82, 2.24) is 0 Å². The summed E-state index contributed by atoms with van der Waals surface area (Å²) in [7, 11) is 0. The maximum absolute atomic E-state index is 10.2. The standard InChI is InChI=1S/C20H22N2O/c23-20-18(17-6-2-3-7-19(17)21-20)14-15-8-10-16(11-9-15)22-12-4-1-5-13-22/h2-3,6-11,14,20-21,23H,1,4-5,12-13H2/b18-14-. The van der Waals surface area contributed by atoms with E-state index in [9.17, 15) is 5.11 Å². The van der Waals surface area contributed by atoms with Gasteiger partial charge in [-0.15, -0.1) is 0 Å². The fourth-order valence-electron chi connectivity index (χ4n) is 3.50. The number of nitrogens with zero attached hydrogens (tertiary/aromatic N) is 1. The molecule has 0 amide bonds. The van der Waals surface area contributed by atoms with Crippen molar-refractivity contribution in [3.05, 3.63) is 59.7 Å². The van der Waals surface area contributed by atoms with Gasteiger partial charge in [-0.3, -0.25) is 0 Å². The molecule has 2 aromatic rings. The Morgan fingerprint density at radius 1 is 0.957 bits per heavy atom. The lowest BCUT2D eigenvalue weighted by atomic mass is 10.0. The van der Waals surface area contributed by atoms with Crippen LogP contribution in [-0.4, -0.2) is 24.4 Å². The van der Waals surface area contributed by atoms with Crippen LogP contribution < -0.4 is 10.2 Å². The largest absolute Gasteiger partial charge is 0.372 e. The summed E-state index contributed by atoms with van der Waals surface area (Å²) in [6, 6.07) is 16.7. The molecule has 1 fully saturated rings. The van der Waals surface area contributed by atoms with Gasteiger partial charge in [0.15, 0.2) is 6.23 Å². The van der Waals surface area contributed by atoms with E-state index in [2.05, 4.69) is 40.6 Å². The first kappa shape index (κ1) is 14.3. The molecule has 0 spiro atoms. The normalized spacial score (nSPS) is 22.0. The zero-order valence-corrected chi connectivity index (χ0v) is 13.2. The minimum atomic E-state index is -0.630. The Balaban J connectivity index is 1.59. The van der Waals surface area contributed by atoms with E-state index < -0.39 is 6.23 Å². The number of nitrogens with one attached hydrogen (secondary N) is 1. The SMILES string of the molecule is OC1Nc2ccccc2/C1=C/c1ccc(N2CCCCC2)cc1. The van der Waals surface area contributed by atoms with Crippen LogP contribution in [-0.2, 0) is 0 Å². The van der Waals surface area contributed by atoms with E-state index in [0.29, 0.717) is 0 Å². The van der Waals surface area contributed by atoms with Crippen molar-refractivity contribution in [2.75, 3.05) is 23.3 Å². The van der Waals surface area contributed by atoms with Crippen molar-refractivity contribution in [2.45, 2.75) is 25.5 Å². The van der Waals surface area contributed by atoms with Crippen molar-refractivity contribution >= 4 is 23.0 Å². The molecule has 0 radical (unpaired) electrons. The van der Waals surface area contributed by atoms with Gasteiger partial charge < -0.3 is 15.3 Å². The summed E-state index contributed by atoms with van der Waals surface area (Å²) in [6.45, 7) is 2.33. The molecule has 0 saturated carbocycles. The molecule has 3 heteroatoms. The third kappa shape index (κ3) is 2.84. The molecule has 23 heavy (non-hydrogen) atoms. The predicted octanol–water partition coefficient (Wildman–Crippen LogP) is 3.96. The summed E-state index contributed by atoms with van der Waals surface area (Å²) < 4.78 is 0. The van der Waals surface area contributed by atoms with Crippen molar-refractivity contribution in [1.29, 1.82) is 0 Å². The molecule has 1 unspecified atom stereocenters. The second kappa shape index (κ2) is 6.09. The van der Waals surface area contributed by atoms with Crippen molar-refractivity contribution in [3.63, 3.8) is 0 Å². The fraction of sp³-hybridized carbons (Fsp3) is 0.300. The first-order valence-corrected chi connectivity index (χ1v) is 8.42. The van der Waals surface area contributed by atoms with Gasteiger partial charge in [0.1, 0.15) is 0 Å². The number of rotatable bonds is 2. The number of anilines is 2. The van der Waals surface area contributed by atoms with E-state index in [4.69, 9.17) is 0 Å². The molecule has 0 aromatic heterocycles. The van der Waals surface area contributed by atoms with Crippen LogP contribution in [0, 0.1) is 0 Å². The Kier molecular flexibility index (Phi) is 3.80. The molecule has 118 valence electrons. The number of hydrogen-bond donors (Lipinski definition) is 2. The second-order valence-corrected chi connectivity index (χ2v) is 6.33. The lowest BCUT2D eigenvalue weighted by Gasteiger charge is -2.28. The topological polar surface area (TPSA) is 35.5 Å². The molecule has 2 aliphatic rings. The van der Waals surface area contributed by atoms with Crippen LogP contribution in [0.5, 0.6) is 0 Å². The van der Waals surface area contributed by atoms with Gasteiger partial charge in [-0.25, -0.2) is 0 Å². The molecule has 2 heterocycles. The van der Waals surface area contributed by atoms with Gasteiger partial charge in [0, 0.05) is 35.6 Å². The van der Waals surface area contributed by atoms with Crippen LogP contribution in [0.3, 0.4) is 0 Å². The summed E-state index contributed by atoms with van der Waals surface area (Å²) in [4.78, 5) is 2.46. The van der Waals surface area contributed by atoms with Crippen LogP contribution in [0.1, 0.15) is 30.4 Å². The quantitative estimate of drug-likeness (QED) is 0.881. The highest BCUT2D eigenvalue weighted by Crippen LogP contribution is 2.35. The molecular formula is C20H22N2O. The third-order valence-corrected chi connectivity index (χ3v) is 4.76. The van der Waals surface area contributed by atoms with E-state index in [1.807, 2.05) is 24.3 Å². The Morgan fingerprint density at radius 2 is 1.70 bits per heavy atom. The van der Waals surface area contributed by atoms with Crippen molar-refractivity contribution in [2.24, 2.45) is 0 Å². The average Bonchev–Trinajstić information content (AvgIpc) is 2.92. The zero-order valence-electron chi connectivity index (χ0n) is 13.2. The molecule has 2 aliphatic heterocycles. The Bertz CT molecular complexity index is 715. The summed E-state index contributed by atoms with van der Waals surface area (Å²) in [5, 5.41) is 13.4. The highest BCUT2D eigenvalue weighted by atomic mass is 16.3. The monoisotopic (exact) mass is 306 g/mol. The van der Waals surface area contributed by atoms with Crippen LogP contribution in [0.15, 0.2) is 48.5 Å². The zero-order chi connectivity index (χ0) is 15.6. The minimum absolute atomic E-state index is 0.630. The average molecular weight is 306 g/mol. The minimum Gasteiger partial charge on any atom is -0.372 e. The van der Waals surface area contributed by atoms with Crippen LogP contribution in [0.2, 0.25) is 0 Å². The smallest absolute Gasteiger partial charge is 0.151 e.